The zero-order valence-corrected chi connectivity index (χ0v) is 19.3. The second-order valence-electron chi connectivity index (χ2n) is 7.06. The first-order chi connectivity index (χ1) is 15.3. The lowest BCUT2D eigenvalue weighted by molar-refractivity contribution is -0.125. The van der Waals surface area contributed by atoms with Crippen molar-refractivity contribution in [2.75, 3.05) is 11.9 Å². The minimum atomic E-state index is -0.782. The number of carbonyl (C=O) groups is 3. The van der Waals surface area contributed by atoms with E-state index in [1.165, 1.54) is 0 Å². The van der Waals surface area contributed by atoms with Crippen molar-refractivity contribution in [1.82, 2.24) is 5.32 Å². The molecule has 0 aromatic heterocycles. The summed E-state index contributed by atoms with van der Waals surface area (Å²) >= 11 is 9.51. The molecule has 0 bridgehead atoms. The highest BCUT2D eigenvalue weighted by Crippen LogP contribution is 2.26. The summed E-state index contributed by atoms with van der Waals surface area (Å²) in [4.78, 5) is 37.7. The van der Waals surface area contributed by atoms with E-state index in [0.29, 0.717) is 27.2 Å². The molecule has 0 spiro atoms. The third kappa shape index (κ3) is 6.26. The number of nitrogens with two attached hydrogens (primary N) is 1. The molecule has 3 rings (SSSR count). The molecule has 1 unspecified atom stereocenters. The lowest BCUT2D eigenvalue weighted by Crippen LogP contribution is -2.44. The van der Waals surface area contributed by atoms with E-state index in [2.05, 4.69) is 26.6 Å². The number of anilines is 1. The predicted molar refractivity (Wildman–Crippen MR) is 129 cm³/mol. The second kappa shape index (κ2) is 11.0. The summed E-state index contributed by atoms with van der Waals surface area (Å²) in [7, 11) is 0. The monoisotopic (exact) mass is 513 g/mol. The number of hydrogen-bond acceptors (Lipinski definition) is 4. The molecular weight excluding hydrogens is 494 g/mol. The van der Waals surface area contributed by atoms with Crippen LogP contribution in [0.5, 0.6) is 0 Å². The predicted octanol–water partition coefficient (Wildman–Crippen LogP) is 3.96. The molecule has 0 aliphatic heterocycles. The maximum absolute atomic E-state index is 13.0. The summed E-state index contributed by atoms with van der Waals surface area (Å²) in [6.07, 6.45) is 0.359. The van der Waals surface area contributed by atoms with Crippen molar-refractivity contribution < 1.29 is 14.4 Å². The highest BCUT2D eigenvalue weighted by Gasteiger charge is 2.19. The van der Waals surface area contributed by atoms with Crippen LogP contribution < -0.4 is 16.4 Å². The second-order valence-corrected chi connectivity index (χ2v) is 8.38. The van der Waals surface area contributed by atoms with Crippen molar-refractivity contribution in [3.8, 4) is 0 Å². The van der Waals surface area contributed by atoms with Crippen molar-refractivity contribution in [3.63, 3.8) is 0 Å². The summed E-state index contributed by atoms with van der Waals surface area (Å²) in [5, 5.41) is 5.52. The van der Waals surface area contributed by atoms with E-state index in [9.17, 15) is 14.4 Å². The number of halogens is 2. The molecule has 0 saturated carbocycles. The van der Waals surface area contributed by atoms with Gasteiger partial charge in [-0.25, -0.2) is 0 Å². The van der Waals surface area contributed by atoms with Gasteiger partial charge in [0.05, 0.1) is 23.3 Å². The third-order valence-corrected chi connectivity index (χ3v) is 5.50. The van der Waals surface area contributed by atoms with Gasteiger partial charge in [-0.1, -0.05) is 70.0 Å². The van der Waals surface area contributed by atoms with Gasteiger partial charge in [0.1, 0.15) is 0 Å². The smallest absolute Gasteiger partial charge is 0.243 e. The Morgan fingerprint density at radius 1 is 0.938 bits per heavy atom. The molecular formula is C24H21BrClN3O3. The number of ketones is 1. The van der Waals surface area contributed by atoms with Crippen molar-refractivity contribution in [2.24, 2.45) is 5.73 Å². The normalized spacial score (nSPS) is 11.5. The molecule has 0 radical (unpaired) electrons. The van der Waals surface area contributed by atoms with Gasteiger partial charge in [-0.3, -0.25) is 14.4 Å². The highest BCUT2D eigenvalue weighted by molar-refractivity contribution is 9.10. The van der Waals surface area contributed by atoms with Crippen LogP contribution in [0, 0.1) is 0 Å². The summed E-state index contributed by atoms with van der Waals surface area (Å²) < 4.78 is 0.672. The van der Waals surface area contributed by atoms with E-state index in [-0.39, 0.29) is 17.9 Å². The zero-order chi connectivity index (χ0) is 23.1. The number of benzene rings is 3. The molecule has 8 heteroatoms. The van der Waals surface area contributed by atoms with Crippen molar-refractivity contribution in [3.05, 3.63) is 99.0 Å². The van der Waals surface area contributed by atoms with E-state index in [4.69, 9.17) is 17.3 Å². The summed E-state index contributed by atoms with van der Waals surface area (Å²) in [6, 6.07) is 20.2. The van der Waals surface area contributed by atoms with Gasteiger partial charge in [0, 0.05) is 15.6 Å². The Morgan fingerprint density at radius 3 is 2.34 bits per heavy atom. The van der Waals surface area contributed by atoms with Crippen LogP contribution in [0.3, 0.4) is 0 Å². The quantitative estimate of drug-likeness (QED) is 0.396. The van der Waals surface area contributed by atoms with E-state index in [0.717, 1.165) is 5.56 Å². The minimum absolute atomic E-state index is 0.271. The number of rotatable bonds is 8. The van der Waals surface area contributed by atoms with Crippen LogP contribution in [0.2, 0.25) is 5.02 Å². The fourth-order valence-electron chi connectivity index (χ4n) is 3.06. The molecule has 4 N–H and O–H groups in total. The van der Waals surface area contributed by atoms with Crippen LogP contribution in [0.4, 0.5) is 5.69 Å². The lowest BCUT2D eigenvalue weighted by atomic mass is 10.0. The van der Waals surface area contributed by atoms with Crippen LogP contribution >= 0.6 is 27.5 Å². The van der Waals surface area contributed by atoms with Crippen LogP contribution in [0.1, 0.15) is 21.5 Å². The summed E-state index contributed by atoms with van der Waals surface area (Å²) in [6.45, 7) is -0.281. The SMILES string of the molecule is NC(Cc1ccccc1)C(=O)NCC(=O)Nc1ccc(Br)cc1C(=O)c1ccccc1Cl. The molecule has 0 heterocycles. The van der Waals surface area contributed by atoms with E-state index < -0.39 is 17.9 Å². The average molecular weight is 515 g/mol. The molecule has 0 saturated heterocycles. The Morgan fingerprint density at radius 2 is 1.62 bits per heavy atom. The Hall–Kier alpha value is -3.00. The van der Waals surface area contributed by atoms with Gasteiger partial charge >= 0.3 is 0 Å². The van der Waals surface area contributed by atoms with Crippen LogP contribution in [-0.2, 0) is 16.0 Å². The first kappa shape index (κ1) is 23.7. The van der Waals surface area contributed by atoms with Crippen molar-refractivity contribution >= 4 is 50.8 Å². The van der Waals surface area contributed by atoms with E-state index in [1.54, 1.807) is 42.5 Å². The third-order valence-electron chi connectivity index (χ3n) is 4.68. The number of hydrogen-bond donors (Lipinski definition) is 3. The lowest BCUT2D eigenvalue weighted by Gasteiger charge is -2.14. The average Bonchev–Trinajstić information content (AvgIpc) is 2.79. The largest absolute Gasteiger partial charge is 0.346 e. The number of amides is 2. The van der Waals surface area contributed by atoms with Gasteiger partial charge in [0.25, 0.3) is 0 Å². The molecule has 0 fully saturated rings. The molecule has 164 valence electrons. The maximum atomic E-state index is 13.0. The van der Waals surface area contributed by atoms with Gasteiger partial charge < -0.3 is 16.4 Å². The first-order valence-corrected chi connectivity index (χ1v) is 11.0. The minimum Gasteiger partial charge on any atom is -0.346 e. The molecule has 1 atom stereocenters. The fourth-order valence-corrected chi connectivity index (χ4v) is 3.64. The molecule has 0 aliphatic carbocycles. The molecule has 2 amide bonds. The Balaban J connectivity index is 1.64. The summed E-state index contributed by atoms with van der Waals surface area (Å²) in [5.41, 5.74) is 7.77. The highest BCUT2D eigenvalue weighted by atomic mass is 79.9. The number of carbonyl (C=O) groups excluding carboxylic acids is 3. The van der Waals surface area contributed by atoms with Crippen molar-refractivity contribution in [2.45, 2.75) is 12.5 Å². The first-order valence-electron chi connectivity index (χ1n) is 9.81. The van der Waals surface area contributed by atoms with Crippen LogP contribution in [0.15, 0.2) is 77.3 Å². The van der Waals surface area contributed by atoms with Crippen LogP contribution in [-0.4, -0.2) is 30.2 Å². The fraction of sp³-hybridized carbons (Fsp3) is 0.125. The van der Waals surface area contributed by atoms with E-state index in [1.807, 2.05) is 30.3 Å². The molecule has 6 nitrogen and oxygen atoms in total. The van der Waals surface area contributed by atoms with Gasteiger partial charge in [-0.05, 0) is 42.3 Å². The molecule has 3 aromatic rings. The topological polar surface area (TPSA) is 101 Å². The Bertz CT molecular complexity index is 1140. The Labute approximate surface area is 199 Å². The zero-order valence-electron chi connectivity index (χ0n) is 17.0. The molecule has 32 heavy (non-hydrogen) atoms. The standard InChI is InChI=1S/C24H21BrClN3O3/c25-16-10-11-21(18(13-16)23(31)17-8-4-5-9-19(17)26)29-22(30)14-28-24(32)20(27)12-15-6-2-1-3-7-15/h1-11,13,20H,12,14,27H2,(H,28,32)(H,29,30). The Kier molecular flexibility index (Phi) is 8.16. The van der Waals surface area contributed by atoms with Crippen LogP contribution in [0.25, 0.3) is 0 Å². The summed E-state index contributed by atoms with van der Waals surface area (Å²) in [5.74, 6) is -1.26. The maximum Gasteiger partial charge on any atom is 0.243 e. The number of nitrogens with one attached hydrogen (secondary N) is 2. The van der Waals surface area contributed by atoms with Gasteiger partial charge in [-0.2, -0.15) is 0 Å². The molecule has 0 aliphatic rings. The molecule has 3 aromatic carbocycles. The van der Waals surface area contributed by atoms with E-state index >= 15 is 0 Å². The van der Waals surface area contributed by atoms with Crippen molar-refractivity contribution in [1.29, 1.82) is 0 Å². The van der Waals surface area contributed by atoms with Gasteiger partial charge in [0.15, 0.2) is 5.78 Å². The van der Waals surface area contributed by atoms with Gasteiger partial charge in [0.2, 0.25) is 11.8 Å². The van der Waals surface area contributed by atoms with Gasteiger partial charge in [-0.15, -0.1) is 0 Å².